The van der Waals surface area contributed by atoms with Gasteiger partial charge in [0.25, 0.3) is 5.69 Å². The molecule has 1 aliphatic carbocycles. The number of carbonyl (C=O) groups is 1. The van der Waals surface area contributed by atoms with Crippen molar-refractivity contribution in [3.8, 4) is 0 Å². The number of nitrogens with zero attached hydrogens (tertiary/aromatic N) is 1. The van der Waals surface area contributed by atoms with E-state index in [4.69, 9.17) is 0 Å². The number of aromatic amines is 1. The standard InChI is InChI=1S/C14H14N2O3/c1-8(9-5-6-9)14(17)11-7-15-13-10(11)3-2-4-12(13)16(18)19/h2-4,7-9,15H,5-6H2,1H3. The molecule has 0 saturated heterocycles. The Morgan fingerprint density at radius 1 is 1.47 bits per heavy atom. The van der Waals surface area contributed by atoms with Crippen LogP contribution in [0.25, 0.3) is 10.9 Å². The van der Waals surface area contributed by atoms with Gasteiger partial charge in [0.2, 0.25) is 0 Å². The summed E-state index contributed by atoms with van der Waals surface area (Å²) >= 11 is 0. The minimum absolute atomic E-state index is 0.00161. The highest BCUT2D eigenvalue weighted by Crippen LogP contribution is 2.39. The number of non-ortho nitro benzene ring substituents is 1. The second-order valence-electron chi connectivity index (χ2n) is 5.15. The summed E-state index contributed by atoms with van der Waals surface area (Å²) in [5.41, 5.74) is 1.01. The molecular weight excluding hydrogens is 244 g/mol. The molecular formula is C14H14N2O3. The topological polar surface area (TPSA) is 76.0 Å². The number of aromatic nitrogens is 1. The Bertz CT molecular complexity index is 670. The summed E-state index contributed by atoms with van der Waals surface area (Å²) in [5, 5.41) is 11.6. The number of rotatable bonds is 4. The summed E-state index contributed by atoms with van der Waals surface area (Å²) in [4.78, 5) is 25.8. The maximum Gasteiger partial charge on any atom is 0.293 e. The molecule has 0 bridgehead atoms. The van der Waals surface area contributed by atoms with Crippen LogP contribution >= 0.6 is 0 Å². The monoisotopic (exact) mass is 258 g/mol. The number of carbonyl (C=O) groups excluding carboxylic acids is 1. The number of nitro benzene ring substituents is 1. The van der Waals surface area contributed by atoms with E-state index in [1.54, 1.807) is 18.3 Å². The molecule has 2 aromatic rings. The minimum atomic E-state index is -0.433. The van der Waals surface area contributed by atoms with Crippen molar-refractivity contribution in [2.45, 2.75) is 19.8 Å². The second kappa shape index (κ2) is 4.19. The average Bonchev–Trinajstić information content (AvgIpc) is 3.15. The molecule has 1 unspecified atom stereocenters. The van der Waals surface area contributed by atoms with Gasteiger partial charge in [-0.2, -0.15) is 0 Å². The van der Waals surface area contributed by atoms with Crippen LogP contribution < -0.4 is 0 Å². The zero-order valence-electron chi connectivity index (χ0n) is 10.6. The Morgan fingerprint density at radius 2 is 2.21 bits per heavy atom. The number of fused-ring (bicyclic) bond motifs is 1. The predicted molar refractivity (Wildman–Crippen MR) is 71.2 cm³/mol. The van der Waals surface area contributed by atoms with E-state index in [9.17, 15) is 14.9 Å². The lowest BCUT2D eigenvalue weighted by Gasteiger charge is -2.07. The fraction of sp³-hybridized carbons (Fsp3) is 0.357. The first-order valence-electron chi connectivity index (χ1n) is 6.38. The molecule has 1 aromatic carbocycles. The predicted octanol–water partition coefficient (Wildman–Crippen LogP) is 3.30. The van der Waals surface area contributed by atoms with Gasteiger partial charge in [0.1, 0.15) is 5.52 Å². The normalized spacial score (nSPS) is 16.5. The molecule has 1 atom stereocenters. The number of nitrogens with one attached hydrogen (secondary N) is 1. The van der Waals surface area contributed by atoms with E-state index >= 15 is 0 Å². The van der Waals surface area contributed by atoms with Crippen molar-refractivity contribution in [2.75, 3.05) is 0 Å². The number of para-hydroxylation sites is 1. The number of hydrogen-bond donors (Lipinski definition) is 1. The molecule has 1 aromatic heterocycles. The molecule has 19 heavy (non-hydrogen) atoms. The SMILES string of the molecule is CC(C(=O)c1c[nH]c2c([N+](=O)[O-])cccc12)C1CC1. The van der Waals surface area contributed by atoms with Gasteiger partial charge >= 0.3 is 0 Å². The molecule has 5 nitrogen and oxygen atoms in total. The Morgan fingerprint density at radius 3 is 2.84 bits per heavy atom. The van der Waals surface area contributed by atoms with Crippen LogP contribution in [-0.2, 0) is 0 Å². The van der Waals surface area contributed by atoms with Crippen molar-refractivity contribution >= 4 is 22.4 Å². The third-order valence-electron chi connectivity index (χ3n) is 3.90. The van der Waals surface area contributed by atoms with Crippen LogP contribution in [0.4, 0.5) is 5.69 Å². The molecule has 1 heterocycles. The van der Waals surface area contributed by atoms with Gasteiger partial charge in [0.15, 0.2) is 5.78 Å². The molecule has 1 N–H and O–H groups in total. The Kier molecular flexibility index (Phi) is 2.62. The van der Waals surface area contributed by atoms with Crippen molar-refractivity contribution in [3.05, 3.63) is 40.1 Å². The van der Waals surface area contributed by atoms with Crippen molar-refractivity contribution in [1.82, 2.24) is 4.98 Å². The lowest BCUT2D eigenvalue weighted by Crippen LogP contribution is -2.12. The number of H-pyrrole nitrogens is 1. The van der Waals surface area contributed by atoms with Crippen LogP contribution in [0.15, 0.2) is 24.4 Å². The third kappa shape index (κ3) is 1.91. The van der Waals surface area contributed by atoms with Gasteiger partial charge in [0.05, 0.1) is 4.92 Å². The van der Waals surface area contributed by atoms with E-state index < -0.39 is 4.92 Å². The number of hydrogen-bond acceptors (Lipinski definition) is 3. The minimum Gasteiger partial charge on any atom is -0.355 e. The van der Waals surface area contributed by atoms with E-state index in [1.807, 2.05) is 6.92 Å². The van der Waals surface area contributed by atoms with Crippen LogP contribution in [0.2, 0.25) is 0 Å². The molecule has 1 fully saturated rings. The molecule has 0 radical (unpaired) electrons. The van der Waals surface area contributed by atoms with E-state index in [2.05, 4.69) is 4.98 Å². The number of benzene rings is 1. The molecule has 1 aliphatic rings. The summed E-state index contributed by atoms with van der Waals surface area (Å²) in [6.45, 7) is 1.94. The largest absolute Gasteiger partial charge is 0.355 e. The average molecular weight is 258 g/mol. The molecule has 98 valence electrons. The first-order chi connectivity index (χ1) is 9.09. The fourth-order valence-electron chi connectivity index (χ4n) is 2.55. The summed E-state index contributed by atoms with van der Waals surface area (Å²) in [7, 11) is 0. The lowest BCUT2D eigenvalue weighted by molar-refractivity contribution is -0.383. The smallest absolute Gasteiger partial charge is 0.293 e. The highest BCUT2D eigenvalue weighted by atomic mass is 16.6. The summed E-state index contributed by atoms with van der Waals surface area (Å²) in [6, 6.07) is 4.82. The first-order valence-corrected chi connectivity index (χ1v) is 6.38. The number of nitro groups is 1. The molecule has 0 amide bonds. The summed E-state index contributed by atoms with van der Waals surface area (Å²) in [6.07, 6.45) is 3.81. The number of Topliss-reactive ketones (excluding diaryl/α,β-unsaturated/α-hetero) is 1. The van der Waals surface area contributed by atoms with Gasteiger partial charge in [-0.15, -0.1) is 0 Å². The van der Waals surface area contributed by atoms with Gasteiger partial charge in [0, 0.05) is 29.1 Å². The maximum atomic E-state index is 12.4. The van der Waals surface area contributed by atoms with Crippen molar-refractivity contribution in [1.29, 1.82) is 0 Å². The maximum absolute atomic E-state index is 12.4. The van der Waals surface area contributed by atoms with Gasteiger partial charge in [-0.25, -0.2) is 0 Å². The highest BCUT2D eigenvalue weighted by molar-refractivity contribution is 6.10. The van der Waals surface area contributed by atoms with Crippen molar-refractivity contribution < 1.29 is 9.72 Å². The van der Waals surface area contributed by atoms with Crippen LogP contribution in [0.5, 0.6) is 0 Å². The van der Waals surface area contributed by atoms with Gasteiger partial charge in [-0.1, -0.05) is 19.1 Å². The summed E-state index contributed by atoms with van der Waals surface area (Å²) < 4.78 is 0. The van der Waals surface area contributed by atoms with Gasteiger partial charge in [-0.05, 0) is 18.8 Å². The Hall–Kier alpha value is -2.17. The molecule has 3 rings (SSSR count). The zero-order chi connectivity index (χ0) is 13.6. The molecule has 5 heteroatoms. The molecule has 0 aliphatic heterocycles. The highest BCUT2D eigenvalue weighted by Gasteiger charge is 2.34. The van der Waals surface area contributed by atoms with Crippen LogP contribution in [0.1, 0.15) is 30.1 Å². The quantitative estimate of drug-likeness (QED) is 0.519. The van der Waals surface area contributed by atoms with E-state index in [0.29, 0.717) is 22.4 Å². The van der Waals surface area contributed by atoms with Crippen molar-refractivity contribution in [2.24, 2.45) is 11.8 Å². The fourth-order valence-corrected chi connectivity index (χ4v) is 2.55. The molecule has 0 spiro atoms. The van der Waals surface area contributed by atoms with Gasteiger partial charge < -0.3 is 4.98 Å². The van der Waals surface area contributed by atoms with Crippen LogP contribution in [-0.4, -0.2) is 15.7 Å². The molecule has 1 saturated carbocycles. The van der Waals surface area contributed by atoms with E-state index in [0.717, 1.165) is 12.8 Å². The van der Waals surface area contributed by atoms with E-state index in [-0.39, 0.29) is 17.4 Å². The van der Waals surface area contributed by atoms with E-state index in [1.165, 1.54) is 6.07 Å². The Balaban J connectivity index is 2.08. The Labute approximate surface area is 109 Å². The second-order valence-corrected chi connectivity index (χ2v) is 5.15. The number of ketones is 1. The summed E-state index contributed by atoms with van der Waals surface area (Å²) in [5.74, 6) is 0.559. The lowest BCUT2D eigenvalue weighted by atomic mass is 9.95. The van der Waals surface area contributed by atoms with Crippen LogP contribution in [0.3, 0.4) is 0 Å². The van der Waals surface area contributed by atoms with Crippen molar-refractivity contribution in [3.63, 3.8) is 0 Å². The van der Waals surface area contributed by atoms with Gasteiger partial charge in [-0.3, -0.25) is 14.9 Å². The first kappa shape index (κ1) is 11.9. The van der Waals surface area contributed by atoms with Crippen LogP contribution in [0, 0.1) is 22.0 Å². The third-order valence-corrected chi connectivity index (χ3v) is 3.90. The zero-order valence-corrected chi connectivity index (χ0v) is 10.6.